The summed E-state index contributed by atoms with van der Waals surface area (Å²) in [6, 6.07) is 22.1. The maximum absolute atomic E-state index is 12.6. The molecule has 0 unspecified atom stereocenters. The third-order valence-corrected chi connectivity index (χ3v) is 5.35. The summed E-state index contributed by atoms with van der Waals surface area (Å²) in [5, 5.41) is 3.12. The molecule has 4 heteroatoms. The van der Waals surface area contributed by atoms with Gasteiger partial charge in [0.05, 0.1) is 0 Å². The van der Waals surface area contributed by atoms with Crippen LogP contribution in [-0.2, 0) is 0 Å². The van der Waals surface area contributed by atoms with Crippen molar-refractivity contribution in [3.8, 4) is 11.1 Å². The predicted molar refractivity (Wildman–Crippen MR) is 113 cm³/mol. The van der Waals surface area contributed by atoms with Crippen LogP contribution in [0.25, 0.3) is 11.1 Å². The van der Waals surface area contributed by atoms with Crippen molar-refractivity contribution in [1.29, 1.82) is 0 Å². The number of aromatic nitrogens is 1. The van der Waals surface area contributed by atoms with Crippen molar-refractivity contribution in [3.05, 3.63) is 84.7 Å². The van der Waals surface area contributed by atoms with Crippen molar-refractivity contribution in [3.63, 3.8) is 0 Å². The highest BCUT2D eigenvalue weighted by atomic mass is 16.1. The summed E-state index contributed by atoms with van der Waals surface area (Å²) < 4.78 is 0. The lowest BCUT2D eigenvalue weighted by molar-refractivity contribution is 0.0945. The van der Waals surface area contributed by atoms with Gasteiger partial charge in [0.1, 0.15) is 0 Å². The molecule has 1 aliphatic rings. The Balaban J connectivity index is 1.33. The van der Waals surface area contributed by atoms with Gasteiger partial charge in [0, 0.05) is 43.3 Å². The van der Waals surface area contributed by atoms with Gasteiger partial charge in [-0.15, -0.1) is 0 Å². The van der Waals surface area contributed by atoms with E-state index in [2.05, 4.69) is 39.5 Å². The molecule has 2 heterocycles. The van der Waals surface area contributed by atoms with Crippen molar-refractivity contribution in [2.24, 2.45) is 5.92 Å². The third kappa shape index (κ3) is 4.39. The lowest BCUT2D eigenvalue weighted by Crippen LogP contribution is -2.41. The molecule has 4 nitrogen and oxygen atoms in total. The molecule has 142 valence electrons. The second kappa shape index (κ2) is 8.70. The molecule has 0 radical (unpaired) electrons. The Hall–Kier alpha value is -3.14. The number of carbonyl (C=O) groups excluding carboxylic acids is 1. The van der Waals surface area contributed by atoms with Crippen LogP contribution in [0.3, 0.4) is 0 Å². The molecule has 0 aliphatic carbocycles. The van der Waals surface area contributed by atoms with Crippen molar-refractivity contribution in [2.45, 2.75) is 12.8 Å². The topological polar surface area (TPSA) is 45.2 Å². The molecule has 0 saturated carbocycles. The summed E-state index contributed by atoms with van der Waals surface area (Å²) in [7, 11) is 0. The third-order valence-electron chi connectivity index (χ3n) is 5.35. The highest BCUT2D eigenvalue weighted by molar-refractivity contribution is 5.94. The first-order chi connectivity index (χ1) is 13.8. The zero-order valence-corrected chi connectivity index (χ0v) is 15.9. The summed E-state index contributed by atoms with van der Waals surface area (Å²) in [6.07, 6.45) is 5.96. The monoisotopic (exact) mass is 371 g/mol. The van der Waals surface area contributed by atoms with Crippen LogP contribution in [0.1, 0.15) is 23.2 Å². The van der Waals surface area contributed by atoms with E-state index in [9.17, 15) is 4.79 Å². The van der Waals surface area contributed by atoms with Gasteiger partial charge < -0.3 is 10.2 Å². The van der Waals surface area contributed by atoms with Gasteiger partial charge in [-0.25, -0.2) is 0 Å². The number of rotatable bonds is 5. The van der Waals surface area contributed by atoms with E-state index in [1.54, 1.807) is 0 Å². The summed E-state index contributed by atoms with van der Waals surface area (Å²) >= 11 is 0. The zero-order valence-electron chi connectivity index (χ0n) is 15.9. The number of hydrogen-bond donors (Lipinski definition) is 1. The maximum Gasteiger partial charge on any atom is 0.251 e. The number of carbonyl (C=O) groups is 1. The van der Waals surface area contributed by atoms with Crippen LogP contribution in [0, 0.1) is 5.92 Å². The smallest absolute Gasteiger partial charge is 0.251 e. The molecular weight excluding hydrogens is 346 g/mol. The van der Waals surface area contributed by atoms with E-state index in [0.717, 1.165) is 37.1 Å². The van der Waals surface area contributed by atoms with E-state index in [1.165, 1.54) is 5.69 Å². The number of nitrogens with one attached hydrogen (secondary N) is 1. The Morgan fingerprint density at radius 3 is 2.43 bits per heavy atom. The number of benzene rings is 2. The van der Waals surface area contributed by atoms with E-state index in [4.69, 9.17) is 0 Å². The number of amides is 1. The molecule has 0 bridgehead atoms. The van der Waals surface area contributed by atoms with E-state index in [-0.39, 0.29) is 5.91 Å². The van der Waals surface area contributed by atoms with Crippen molar-refractivity contribution in [1.82, 2.24) is 10.3 Å². The zero-order chi connectivity index (χ0) is 19.2. The molecule has 0 spiro atoms. The fourth-order valence-corrected chi connectivity index (χ4v) is 3.80. The van der Waals surface area contributed by atoms with Gasteiger partial charge >= 0.3 is 0 Å². The SMILES string of the molecule is O=C(NC[C@@H]1CCCN(c2ccncc2)C1)c1ccc(-c2ccccc2)cc1. The van der Waals surface area contributed by atoms with Gasteiger partial charge in [0.15, 0.2) is 0 Å². The van der Waals surface area contributed by atoms with Gasteiger partial charge in [-0.3, -0.25) is 9.78 Å². The summed E-state index contributed by atoms with van der Waals surface area (Å²) in [5.74, 6) is 0.468. The molecule has 1 N–H and O–H groups in total. The summed E-state index contributed by atoms with van der Waals surface area (Å²) in [5.41, 5.74) is 4.20. The summed E-state index contributed by atoms with van der Waals surface area (Å²) in [6.45, 7) is 2.74. The summed E-state index contributed by atoms with van der Waals surface area (Å²) in [4.78, 5) is 19.0. The Morgan fingerprint density at radius 1 is 0.964 bits per heavy atom. The maximum atomic E-state index is 12.6. The number of piperidine rings is 1. The molecule has 1 atom stereocenters. The highest BCUT2D eigenvalue weighted by Gasteiger charge is 2.20. The van der Waals surface area contributed by atoms with Crippen LogP contribution in [0.4, 0.5) is 5.69 Å². The van der Waals surface area contributed by atoms with Crippen LogP contribution in [0.5, 0.6) is 0 Å². The first-order valence-electron chi connectivity index (χ1n) is 9.88. The molecule has 1 fully saturated rings. The predicted octanol–water partition coefficient (Wildman–Crippen LogP) is 4.40. The molecule has 3 aromatic rings. The average Bonchev–Trinajstić information content (AvgIpc) is 2.79. The second-order valence-electron chi connectivity index (χ2n) is 7.31. The highest BCUT2D eigenvalue weighted by Crippen LogP contribution is 2.22. The second-order valence-corrected chi connectivity index (χ2v) is 7.31. The fourth-order valence-electron chi connectivity index (χ4n) is 3.80. The van der Waals surface area contributed by atoms with Crippen LogP contribution in [0.15, 0.2) is 79.1 Å². The van der Waals surface area contributed by atoms with Crippen molar-refractivity contribution < 1.29 is 4.79 Å². The van der Waals surface area contributed by atoms with E-state index >= 15 is 0 Å². The van der Waals surface area contributed by atoms with Crippen molar-refractivity contribution in [2.75, 3.05) is 24.5 Å². The van der Waals surface area contributed by atoms with Crippen LogP contribution < -0.4 is 10.2 Å². The van der Waals surface area contributed by atoms with Gasteiger partial charge in [0.25, 0.3) is 5.91 Å². The normalized spacial score (nSPS) is 16.6. The molecular formula is C24H25N3O. The number of nitrogens with zero attached hydrogens (tertiary/aromatic N) is 2. The number of hydrogen-bond acceptors (Lipinski definition) is 3. The standard InChI is InChI=1S/C24H25N3O/c28-24(22-10-8-21(9-11-22)20-6-2-1-3-7-20)26-17-19-5-4-16-27(18-19)23-12-14-25-15-13-23/h1-3,6-15,19H,4-5,16-18H2,(H,26,28)/t19-/m0/s1. The van der Waals surface area contributed by atoms with E-state index < -0.39 is 0 Å². The molecule has 1 saturated heterocycles. The van der Waals surface area contributed by atoms with Crippen molar-refractivity contribution >= 4 is 11.6 Å². The lowest BCUT2D eigenvalue weighted by atomic mass is 9.97. The van der Waals surface area contributed by atoms with Gasteiger partial charge in [-0.1, -0.05) is 42.5 Å². The molecule has 1 amide bonds. The van der Waals surface area contributed by atoms with Gasteiger partial charge in [-0.05, 0) is 54.2 Å². The largest absolute Gasteiger partial charge is 0.371 e. The Morgan fingerprint density at radius 2 is 1.68 bits per heavy atom. The van der Waals surface area contributed by atoms with Crippen LogP contribution >= 0.6 is 0 Å². The van der Waals surface area contributed by atoms with Crippen LogP contribution in [-0.4, -0.2) is 30.5 Å². The molecule has 1 aromatic heterocycles. The van der Waals surface area contributed by atoms with Gasteiger partial charge in [-0.2, -0.15) is 0 Å². The quantitative estimate of drug-likeness (QED) is 0.723. The van der Waals surface area contributed by atoms with Gasteiger partial charge in [0.2, 0.25) is 0 Å². The minimum atomic E-state index is 0.000598. The first kappa shape index (κ1) is 18.2. The minimum absolute atomic E-state index is 0.000598. The molecule has 4 rings (SSSR count). The Kier molecular flexibility index (Phi) is 5.66. The molecule has 2 aromatic carbocycles. The average molecular weight is 371 g/mol. The number of anilines is 1. The first-order valence-corrected chi connectivity index (χ1v) is 9.88. The van der Waals surface area contributed by atoms with Crippen LogP contribution in [0.2, 0.25) is 0 Å². The Labute approximate surface area is 166 Å². The molecule has 28 heavy (non-hydrogen) atoms. The minimum Gasteiger partial charge on any atom is -0.371 e. The lowest BCUT2D eigenvalue weighted by Gasteiger charge is -2.34. The number of pyridine rings is 1. The van der Waals surface area contributed by atoms with E-state index in [0.29, 0.717) is 18.0 Å². The molecule has 1 aliphatic heterocycles. The fraction of sp³-hybridized carbons (Fsp3) is 0.250. The Bertz CT molecular complexity index is 894. The van der Waals surface area contributed by atoms with E-state index in [1.807, 2.05) is 54.9 Å².